The fourth-order valence-corrected chi connectivity index (χ4v) is 3.51. The summed E-state index contributed by atoms with van der Waals surface area (Å²) in [5.74, 6) is 2.20. The Morgan fingerprint density at radius 2 is 1.88 bits per heavy atom. The van der Waals surface area contributed by atoms with Crippen LogP contribution in [-0.4, -0.2) is 43.6 Å². The van der Waals surface area contributed by atoms with Crippen LogP contribution in [0.25, 0.3) is 5.69 Å². The molecule has 1 heterocycles. The van der Waals surface area contributed by atoms with Crippen molar-refractivity contribution in [2.75, 3.05) is 27.8 Å². The lowest BCUT2D eigenvalue weighted by molar-refractivity contribution is 0.353. The van der Waals surface area contributed by atoms with Crippen LogP contribution in [0.15, 0.2) is 65.9 Å². The lowest BCUT2D eigenvalue weighted by Gasteiger charge is -2.28. The molecular formula is C25H33N5O2. The van der Waals surface area contributed by atoms with Gasteiger partial charge in [0.25, 0.3) is 0 Å². The normalized spacial score (nSPS) is 12.9. The monoisotopic (exact) mass is 435 g/mol. The second kappa shape index (κ2) is 10.2. The van der Waals surface area contributed by atoms with E-state index in [1.165, 1.54) is 0 Å². The first-order valence-electron chi connectivity index (χ1n) is 10.7. The fourth-order valence-electron chi connectivity index (χ4n) is 3.51. The molecule has 7 heteroatoms. The van der Waals surface area contributed by atoms with Gasteiger partial charge in [0.15, 0.2) is 17.5 Å². The van der Waals surface area contributed by atoms with E-state index in [0.29, 0.717) is 6.54 Å². The summed E-state index contributed by atoms with van der Waals surface area (Å²) >= 11 is 0. The number of nitrogens with zero attached hydrogens (tertiary/aromatic N) is 3. The third kappa shape index (κ3) is 5.41. The van der Waals surface area contributed by atoms with Gasteiger partial charge in [0.2, 0.25) is 0 Å². The molecule has 0 amide bonds. The molecular weight excluding hydrogens is 402 g/mol. The van der Waals surface area contributed by atoms with Crippen LogP contribution in [0.3, 0.4) is 0 Å². The first-order chi connectivity index (χ1) is 15.4. The van der Waals surface area contributed by atoms with E-state index in [1.807, 2.05) is 41.2 Å². The number of rotatable bonds is 8. The molecule has 0 saturated carbocycles. The van der Waals surface area contributed by atoms with Gasteiger partial charge in [-0.3, -0.25) is 4.99 Å². The maximum atomic E-state index is 5.47. The van der Waals surface area contributed by atoms with Gasteiger partial charge in [-0.05, 0) is 48.4 Å². The smallest absolute Gasteiger partial charge is 0.191 e. The van der Waals surface area contributed by atoms with E-state index in [2.05, 4.69) is 59.7 Å². The molecule has 1 aromatic heterocycles. The van der Waals surface area contributed by atoms with Crippen molar-refractivity contribution >= 4 is 5.96 Å². The molecule has 0 fully saturated rings. The van der Waals surface area contributed by atoms with E-state index in [4.69, 9.17) is 9.47 Å². The average molecular weight is 436 g/mol. The zero-order chi connectivity index (χ0) is 23.1. The maximum absolute atomic E-state index is 5.47. The highest BCUT2D eigenvalue weighted by Gasteiger charge is 2.23. The Labute approximate surface area is 190 Å². The van der Waals surface area contributed by atoms with Gasteiger partial charge in [-0.15, -0.1) is 0 Å². The summed E-state index contributed by atoms with van der Waals surface area (Å²) in [5, 5.41) is 11.3. The predicted molar refractivity (Wildman–Crippen MR) is 129 cm³/mol. The molecule has 0 radical (unpaired) electrons. The zero-order valence-corrected chi connectivity index (χ0v) is 19.7. The van der Waals surface area contributed by atoms with Gasteiger partial charge in [0.05, 0.1) is 25.9 Å². The van der Waals surface area contributed by atoms with Crippen LogP contribution < -0.4 is 20.1 Å². The fraction of sp³-hybridized carbons (Fsp3) is 0.360. The molecule has 0 aliphatic rings. The molecule has 3 rings (SSSR count). The molecule has 0 aliphatic heterocycles. The third-order valence-electron chi connectivity index (χ3n) is 5.58. The average Bonchev–Trinajstić information content (AvgIpc) is 3.36. The van der Waals surface area contributed by atoms with Gasteiger partial charge in [0.1, 0.15) is 0 Å². The van der Waals surface area contributed by atoms with Crippen molar-refractivity contribution in [3.8, 4) is 17.2 Å². The first kappa shape index (κ1) is 23.2. The topological polar surface area (TPSA) is 72.7 Å². The Balaban J connectivity index is 1.66. The highest BCUT2D eigenvalue weighted by atomic mass is 16.5. The number of hydrogen-bond donors (Lipinski definition) is 2. The third-order valence-corrected chi connectivity index (χ3v) is 5.58. The van der Waals surface area contributed by atoms with Crippen molar-refractivity contribution in [1.82, 2.24) is 20.4 Å². The lowest BCUT2D eigenvalue weighted by atomic mass is 9.84. The predicted octanol–water partition coefficient (Wildman–Crippen LogP) is 4.09. The molecule has 0 spiro atoms. The van der Waals surface area contributed by atoms with Gasteiger partial charge in [0, 0.05) is 31.4 Å². The van der Waals surface area contributed by atoms with Gasteiger partial charge in [-0.1, -0.05) is 32.0 Å². The van der Waals surface area contributed by atoms with Crippen LogP contribution in [0.4, 0.5) is 0 Å². The van der Waals surface area contributed by atoms with Crippen molar-refractivity contribution in [3.05, 3.63) is 72.1 Å². The Morgan fingerprint density at radius 3 is 2.53 bits per heavy atom. The summed E-state index contributed by atoms with van der Waals surface area (Å²) < 4.78 is 12.7. The van der Waals surface area contributed by atoms with E-state index in [9.17, 15) is 0 Å². The Bertz CT molecular complexity index is 1040. The van der Waals surface area contributed by atoms with Crippen molar-refractivity contribution < 1.29 is 9.47 Å². The molecule has 0 saturated heterocycles. The lowest BCUT2D eigenvalue weighted by Crippen LogP contribution is -2.44. The highest BCUT2D eigenvalue weighted by molar-refractivity contribution is 5.80. The second-order valence-electron chi connectivity index (χ2n) is 8.29. The standard InChI is InChI=1S/C25H33N5O2/c1-18(19-9-7-10-21(15-19)30-14-8-13-28-30)29-24(26-4)27-17-25(2,3)20-11-12-22(31-5)23(16-20)32-6/h7-16,18H,17H2,1-6H3,(H2,26,27,29). The van der Waals surface area contributed by atoms with Crippen molar-refractivity contribution in [2.24, 2.45) is 4.99 Å². The van der Waals surface area contributed by atoms with E-state index in [-0.39, 0.29) is 11.5 Å². The molecule has 170 valence electrons. The Kier molecular flexibility index (Phi) is 7.41. The van der Waals surface area contributed by atoms with Crippen molar-refractivity contribution in [1.29, 1.82) is 0 Å². The Hall–Kier alpha value is -3.48. The van der Waals surface area contributed by atoms with Crippen molar-refractivity contribution in [3.63, 3.8) is 0 Å². The maximum Gasteiger partial charge on any atom is 0.191 e. The van der Waals surface area contributed by atoms with E-state index >= 15 is 0 Å². The van der Waals surface area contributed by atoms with Gasteiger partial charge < -0.3 is 20.1 Å². The minimum Gasteiger partial charge on any atom is -0.493 e. The van der Waals surface area contributed by atoms with Gasteiger partial charge in [-0.2, -0.15) is 5.10 Å². The number of methoxy groups -OCH3 is 2. The SMILES string of the molecule is CN=C(NCC(C)(C)c1ccc(OC)c(OC)c1)NC(C)c1cccc(-n2cccn2)c1. The summed E-state index contributed by atoms with van der Waals surface area (Å²) in [6.45, 7) is 7.19. The van der Waals surface area contributed by atoms with E-state index < -0.39 is 0 Å². The van der Waals surface area contributed by atoms with E-state index in [0.717, 1.165) is 34.3 Å². The number of guanidine groups is 1. The summed E-state index contributed by atoms with van der Waals surface area (Å²) in [7, 11) is 5.08. The van der Waals surface area contributed by atoms with Crippen LogP contribution in [0.2, 0.25) is 0 Å². The van der Waals surface area contributed by atoms with Crippen LogP contribution in [0.5, 0.6) is 11.5 Å². The summed E-state index contributed by atoms with van der Waals surface area (Å²) in [4.78, 5) is 4.42. The molecule has 2 aromatic carbocycles. The zero-order valence-electron chi connectivity index (χ0n) is 19.7. The first-order valence-corrected chi connectivity index (χ1v) is 10.7. The van der Waals surface area contributed by atoms with Gasteiger partial charge in [-0.25, -0.2) is 4.68 Å². The molecule has 0 aliphatic carbocycles. The summed E-state index contributed by atoms with van der Waals surface area (Å²) in [6, 6.07) is 16.3. The number of hydrogen-bond acceptors (Lipinski definition) is 4. The highest BCUT2D eigenvalue weighted by Crippen LogP contribution is 2.32. The summed E-state index contributed by atoms with van der Waals surface area (Å²) in [5.41, 5.74) is 3.18. The number of aliphatic imine (C=N–C) groups is 1. The van der Waals surface area contributed by atoms with Crippen LogP contribution in [0, 0.1) is 0 Å². The quantitative estimate of drug-likeness (QED) is 0.412. The van der Waals surface area contributed by atoms with Crippen LogP contribution in [-0.2, 0) is 5.41 Å². The number of ether oxygens (including phenoxy) is 2. The largest absolute Gasteiger partial charge is 0.493 e. The second-order valence-corrected chi connectivity index (χ2v) is 8.29. The van der Waals surface area contributed by atoms with Crippen LogP contribution in [0.1, 0.15) is 37.9 Å². The Morgan fingerprint density at radius 1 is 1.09 bits per heavy atom. The minimum atomic E-state index is -0.152. The van der Waals surface area contributed by atoms with Crippen LogP contribution >= 0.6 is 0 Å². The molecule has 32 heavy (non-hydrogen) atoms. The van der Waals surface area contributed by atoms with Crippen molar-refractivity contribution in [2.45, 2.75) is 32.2 Å². The molecule has 1 atom stereocenters. The molecule has 7 nitrogen and oxygen atoms in total. The molecule has 0 bridgehead atoms. The van der Waals surface area contributed by atoms with Gasteiger partial charge >= 0.3 is 0 Å². The molecule has 1 unspecified atom stereocenters. The molecule has 2 N–H and O–H groups in total. The number of benzene rings is 2. The number of aromatic nitrogens is 2. The minimum absolute atomic E-state index is 0.0703. The van der Waals surface area contributed by atoms with E-state index in [1.54, 1.807) is 27.5 Å². The number of nitrogens with one attached hydrogen (secondary N) is 2. The summed E-state index contributed by atoms with van der Waals surface area (Å²) in [6.07, 6.45) is 3.72. The molecule has 3 aromatic rings.